The maximum Gasteiger partial charge on any atom is 0.326 e. The fourth-order valence-corrected chi connectivity index (χ4v) is 2.82. The van der Waals surface area contributed by atoms with Crippen LogP contribution in [0.1, 0.15) is 71.6 Å². The third-order valence-corrected chi connectivity index (χ3v) is 4.62. The van der Waals surface area contributed by atoms with E-state index in [0.717, 1.165) is 32.1 Å². The van der Waals surface area contributed by atoms with Crippen molar-refractivity contribution in [2.24, 2.45) is 0 Å². The first kappa shape index (κ1) is 22.9. The van der Waals surface area contributed by atoms with Crippen LogP contribution in [-0.4, -0.2) is 43.4 Å². The Balaban J connectivity index is 4.21. The third kappa shape index (κ3) is 11.4. The van der Waals surface area contributed by atoms with Gasteiger partial charge in [0.15, 0.2) is 5.25 Å². The Morgan fingerprint density at radius 3 is 1.96 bits per heavy atom. The normalized spacial score (nSPS) is 12.6. The fourth-order valence-electron chi connectivity index (χ4n) is 2.05. The summed E-state index contributed by atoms with van der Waals surface area (Å²) in [5.74, 6) is -1.40. The van der Waals surface area contributed by atoms with E-state index in [1.807, 2.05) is 13.8 Å². The summed E-state index contributed by atoms with van der Waals surface area (Å²) < 4.78 is 41.7. The van der Waals surface area contributed by atoms with Crippen LogP contribution in [-0.2, 0) is 29.2 Å². The Morgan fingerprint density at radius 2 is 1.46 bits per heavy atom. The molecular weight excluding hydrogens is 336 g/mol. The van der Waals surface area contributed by atoms with Crippen molar-refractivity contribution in [1.29, 1.82) is 0 Å². The second kappa shape index (κ2) is 13.2. The zero-order valence-electron chi connectivity index (χ0n) is 14.7. The van der Waals surface area contributed by atoms with Crippen molar-refractivity contribution < 1.29 is 32.0 Å². The molecule has 0 bridgehead atoms. The summed E-state index contributed by atoms with van der Waals surface area (Å²) in [5, 5.41) is -1.65. The molecular formula is C16H30O7S. The van der Waals surface area contributed by atoms with E-state index < -0.39 is 27.3 Å². The average Bonchev–Trinajstić information content (AvgIpc) is 2.51. The lowest BCUT2D eigenvalue weighted by molar-refractivity contribution is -0.145. The number of ether oxygens (including phenoxy) is 2. The standard InChI is InChI=1S/C16H30O7S/c1-3-5-7-12-22-15(17)11-9-10-14(24(19,20)21)16(18)23-13-8-6-4-2/h14H,3-13H2,1-2H3,(H,19,20,21). The molecule has 1 unspecified atom stereocenters. The second-order valence-electron chi connectivity index (χ2n) is 5.70. The van der Waals surface area contributed by atoms with Gasteiger partial charge < -0.3 is 9.47 Å². The van der Waals surface area contributed by atoms with Gasteiger partial charge in [0.25, 0.3) is 10.1 Å². The zero-order chi connectivity index (χ0) is 18.4. The molecule has 0 aliphatic heterocycles. The first-order valence-corrected chi connectivity index (χ1v) is 10.1. The van der Waals surface area contributed by atoms with Crippen LogP contribution in [0.15, 0.2) is 0 Å². The van der Waals surface area contributed by atoms with Gasteiger partial charge in [0, 0.05) is 6.42 Å². The Bertz CT molecular complexity index is 459. The number of hydrogen-bond donors (Lipinski definition) is 1. The molecule has 0 saturated carbocycles. The number of carbonyl (C=O) groups is 2. The van der Waals surface area contributed by atoms with Gasteiger partial charge in [-0.2, -0.15) is 8.42 Å². The monoisotopic (exact) mass is 366 g/mol. The van der Waals surface area contributed by atoms with Crippen LogP contribution in [0, 0.1) is 0 Å². The lowest BCUT2D eigenvalue weighted by atomic mass is 10.2. The molecule has 1 atom stereocenters. The van der Waals surface area contributed by atoms with Gasteiger partial charge in [0.1, 0.15) is 0 Å². The average molecular weight is 366 g/mol. The van der Waals surface area contributed by atoms with Crippen molar-refractivity contribution >= 4 is 22.1 Å². The Labute approximate surface area is 144 Å². The van der Waals surface area contributed by atoms with E-state index in [9.17, 15) is 22.6 Å². The van der Waals surface area contributed by atoms with Gasteiger partial charge in [-0.1, -0.05) is 39.5 Å². The highest BCUT2D eigenvalue weighted by molar-refractivity contribution is 7.87. The van der Waals surface area contributed by atoms with Crippen molar-refractivity contribution in [2.45, 2.75) is 76.9 Å². The Kier molecular flexibility index (Phi) is 12.5. The summed E-state index contributed by atoms with van der Waals surface area (Å²) in [5.41, 5.74) is 0. The number of esters is 2. The molecule has 0 aromatic rings. The molecule has 0 spiro atoms. The minimum absolute atomic E-state index is 0.00125. The summed E-state index contributed by atoms with van der Waals surface area (Å²) in [6.07, 6.45) is 5.20. The van der Waals surface area contributed by atoms with Crippen molar-refractivity contribution in [3.63, 3.8) is 0 Å². The van der Waals surface area contributed by atoms with Gasteiger partial charge >= 0.3 is 11.9 Å². The van der Waals surface area contributed by atoms with Crippen LogP contribution in [0.5, 0.6) is 0 Å². The molecule has 0 aliphatic rings. The molecule has 0 rings (SSSR count). The molecule has 0 radical (unpaired) electrons. The van der Waals surface area contributed by atoms with Gasteiger partial charge in [0.2, 0.25) is 0 Å². The van der Waals surface area contributed by atoms with Crippen molar-refractivity contribution in [3.05, 3.63) is 0 Å². The quantitative estimate of drug-likeness (QED) is 0.286. The largest absolute Gasteiger partial charge is 0.466 e. The zero-order valence-corrected chi connectivity index (χ0v) is 15.5. The summed E-state index contributed by atoms with van der Waals surface area (Å²) in [4.78, 5) is 23.3. The van der Waals surface area contributed by atoms with Gasteiger partial charge in [0.05, 0.1) is 13.2 Å². The van der Waals surface area contributed by atoms with Gasteiger partial charge in [-0.15, -0.1) is 0 Å². The summed E-state index contributed by atoms with van der Waals surface area (Å²) in [6.45, 7) is 4.49. The van der Waals surface area contributed by atoms with Crippen molar-refractivity contribution in [3.8, 4) is 0 Å². The van der Waals surface area contributed by atoms with Crippen molar-refractivity contribution in [2.75, 3.05) is 13.2 Å². The Morgan fingerprint density at radius 1 is 0.917 bits per heavy atom. The van der Waals surface area contributed by atoms with Crippen LogP contribution in [0.3, 0.4) is 0 Å². The highest BCUT2D eigenvalue weighted by atomic mass is 32.2. The van der Waals surface area contributed by atoms with Gasteiger partial charge in [-0.05, 0) is 25.7 Å². The topological polar surface area (TPSA) is 107 Å². The maximum atomic E-state index is 11.8. The van der Waals surface area contributed by atoms with Crippen LogP contribution in [0.2, 0.25) is 0 Å². The minimum Gasteiger partial charge on any atom is -0.466 e. The van der Waals surface area contributed by atoms with Crippen LogP contribution >= 0.6 is 0 Å². The van der Waals surface area contributed by atoms with E-state index in [4.69, 9.17) is 9.47 Å². The summed E-state index contributed by atoms with van der Waals surface area (Å²) in [7, 11) is -4.56. The highest BCUT2D eigenvalue weighted by Crippen LogP contribution is 2.13. The van der Waals surface area contributed by atoms with E-state index in [0.29, 0.717) is 13.0 Å². The van der Waals surface area contributed by atoms with Crippen LogP contribution in [0.25, 0.3) is 0 Å². The molecule has 0 aromatic carbocycles. The van der Waals surface area contributed by atoms with E-state index in [-0.39, 0.29) is 25.9 Å². The first-order chi connectivity index (χ1) is 11.3. The molecule has 0 amide bonds. The molecule has 0 saturated heterocycles. The van der Waals surface area contributed by atoms with Gasteiger partial charge in [-0.25, -0.2) is 0 Å². The highest BCUT2D eigenvalue weighted by Gasteiger charge is 2.32. The molecule has 8 heteroatoms. The Hall–Kier alpha value is -1.15. The molecule has 24 heavy (non-hydrogen) atoms. The molecule has 0 fully saturated rings. The number of hydrogen-bond acceptors (Lipinski definition) is 6. The molecule has 0 aliphatic carbocycles. The lowest BCUT2D eigenvalue weighted by Crippen LogP contribution is -2.32. The second-order valence-corrected chi connectivity index (χ2v) is 7.30. The number of carbonyl (C=O) groups excluding carboxylic acids is 2. The molecule has 0 heterocycles. The molecule has 0 aromatic heterocycles. The van der Waals surface area contributed by atoms with Crippen molar-refractivity contribution in [1.82, 2.24) is 0 Å². The first-order valence-electron chi connectivity index (χ1n) is 8.61. The molecule has 142 valence electrons. The summed E-state index contributed by atoms with van der Waals surface area (Å²) >= 11 is 0. The molecule has 7 nitrogen and oxygen atoms in total. The summed E-state index contributed by atoms with van der Waals surface area (Å²) in [6, 6.07) is 0. The molecule has 1 N–H and O–H groups in total. The SMILES string of the molecule is CCCCCOC(=O)CCCC(C(=O)OCCCCC)S(=O)(=O)O. The predicted molar refractivity (Wildman–Crippen MR) is 90.2 cm³/mol. The van der Waals surface area contributed by atoms with E-state index in [1.54, 1.807) is 0 Å². The lowest BCUT2D eigenvalue weighted by Gasteiger charge is -2.13. The fraction of sp³-hybridized carbons (Fsp3) is 0.875. The number of rotatable bonds is 14. The van der Waals surface area contributed by atoms with Crippen LogP contribution < -0.4 is 0 Å². The van der Waals surface area contributed by atoms with Gasteiger partial charge in [-0.3, -0.25) is 14.1 Å². The van der Waals surface area contributed by atoms with E-state index >= 15 is 0 Å². The van der Waals surface area contributed by atoms with E-state index in [1.165, 1.54) is 0 Å². The van der Waals surface area contributed by atoms with E-state index in [2.05, 4.69) is 0 Å². The maximum absolute atomic E-state index is 11.8. The third-order valence-electron chi connectivity index (χ3n) is 3.47. The predicted octanol–water partition coefficient (Wildman–Crippen LogP) is 2.88. The number of unbranched alkanes of at least 4 members (excludes halogenated alkanes) is 4. The van der Waals surface area contributed by atoms with Crippen LogP contribution in [0.4, 0.5) is 0 Å². The smallest absolute Gasteiger partial charge is 0.326 e. The minimum atomic E-state index is -4.56.